The Morgan fingerprint density at radius 3 is 2.50 bits per heavy atom. The van der Waals surface area contributed by atoms with E-state index in [2.05, 4.69) is 36.4 Å². The van der Waals surface area contributed by atoms with Crippen LogP contribution in [-0.4, -0.2) is 30.7 Å². The molecule has 0 aromatic heterocycles. The number of hydrogen-bond acceptors (Lipinski definition) is 2. The van der Waals surface area contributed by atoms with E-state index in [1.165, 1.54) is 6.42 Å². The second kappa shape index (κ2) is 2.18. The molecule has 1 aliphatic rings. The van der Waals surface area contributed by atoms with E-state index in [0.29, 0.717) is 0 Å². The minimum absolute atomic E-state index is 1.15. The Kier molecular flexibility index (Phi) is 1.53. The lowest BCUT2D eigenvalue weighted by molar-refractivity contribution is 0.0948. The number of hydrogen-bond donors (Lipinski definition) is 0. The van der Waals surface area contributed by atoms with Crippen LogP contribution in [0.15, 0.2) is 12.3 Å². The van der Waals surface area contributed by atoms with Crippen molar-refractivity contribution in [2.45, 2.75) is 6.42 Å². The molecule has 8 heavy (non-hydrogen) atoms. The van der Waals surface area contributed by atoms with Crippen molar-refractivity contribution in [2.24, 2.45) is 0 Å². The molecule has 0 saturated carbocycles. The minimum Gasteiger partial charge on any atom is -0.314 e. The lowest BCUT2D eigenvalue weighted by atomic mass is 10.5. The molecule has 0 bridgehead atoms. The SMILES string of the molecule is CN(C)N1C=CCC1. The van der Waals surface area contributed by atoms with Crippen LogP contribution in [0, 0.1) is 0 Å². The number of nitrogens with zero attached hydrogens (tertiary/aromatic N) is 2. The van der Waals surface area contributed by atoms with Crippen LogP contribution in [-0.2, 0) is 0 Å². The Hall–Kier alpha value is -0.500. The summed E-state index contributed by atoms with van der Waals surface area (Å²) in [7, 11) is 4.10. The molecule has 1 rings (SSSR count). The van der Waals surface area contributed by atoms with Crippen LogP contribution in [0.5, 0.6) is 0 Å². The van der Waals surface area contributed by atoms with Crippen LogP contribution in [0.25, 0.3) is 0 Å². The highest BCUT2D eigenvalue weighted by Gasteiger charge is 2.03. The molecule has 1 aliphatic heterocycles. The topological polar surface area (TPSA) is 6.48 Å². The fourth-order valence-corrected chi connectivity index (χ4v) is 0.811. The lowest BCUT2D eigenvalue weighted by Gasteiger charge is -2.22. The zero-order valence-electron chi connectivity index (χ0n) is 5.46. The van der Waals surface area contributed by atoms with Crippen molar-refractivity contribution in [3.63, 3.8) is 0 Å². The monoisotopic (exact) mass is 112 g/mol. The zero-order valence-corrected chi connectivity index (χ0v) is 5.46. The van der Waals surface area contributed by atoms with Crippen molar-refractivity contribution in [1.82, 2.24) is 10.0 Å². The quantitative estimate of drug-likeness (QED) is 0.492. The minimum atomic E-state index is 1.15. The first-order chi connectivity index (χ1) is 3.80. The predicted octanol–water partition coefficient (Wildman–Crippen LogP) is 0.682. The van der Waals surface area contributed by atoms with E-state index in [0.717, 1.165) is 6.54 Å². The third-order valence-electron chi connectivity index (χ3n) is 1.32. The van der Waals surface area contributed by atoms with Gasteiger partial charge in [0.05, 0.1) is 0 Å². The summed E-state index contributed by atoms with van der Waals surface area (Å²) in [4.78, 5) is 0. The second-order valence-electron chi connectivity index (χ2n) is 2.18. The highest BCUT2D eigenvalue weighted by Crippen LogP contribution is 2.03. The Labute approximate surface area is 50.4 Å². The third-order valence-corrected chi connectivity index (χ3v) is 1.32. The summed E-state index contributed by atoms with van der Waals surface area (Å²) in [5.41, 5.74) is 0. The van der Waals surface area contributed by atoms with Gasteiger partial charge in [0, 0.05) is 26.8 Å². The molecule has 0 unspecified atom stereocenters. The molecule has 1 heterocycles. The fraction of sp³-hybridized carbons (Fsp3) is 0.667. The van der Waals surface area contributed by atoms with Crippen molar-refractivity contribution >= 4 is 0 Å². The van der Waals surface area contributed by atoms with Gasteiger partial charge in [-0.3, -0.25) is 0 Å². The largest absolute Gasteiger partial charge is 0.314 e. The average molecular weight is 112 g/mol. The number of rotatable bonds is 1. The van der Waals surface area contributed by atoms with E-state index in [9.17, 15) is 0 Å². The normalized spacial score (nSPS) is 18.6. The van der Waals surface area contributed by atoms with Crippen LogP contribution in [0.1, 0.15) is 6.42 Å². The molecule has 0 aromatic rings. The fourth-order valence-electron chi connectivity index (χ4n) is 0.811. The molecular weight excluding hydrogens is 100 g/mol. The summed E-state index contributed by atoms with van der Waals surface area (Å²) in [5, 5.41) is 4.27. The zero-order chi connectivity index (χ0) is 5.98. The van der Waals surface area contributed by atoms with E-state index >= 15 is 0 Å². The van der Waals surface area contributed by atoms with E-state index in [4.69, 9.17) is 0 Å². The Bertz CT molecular complexity index is 96.7. The maximum atomic E-state index is 2.18. The summed E-state index contributed by atoms with van der Waals surface area (Å²) in [5.74, 6) is 0. The Balaban J connectivity index is 2.36. The van der Waals surface area contributed by atoms with Crippen LogP contribution in [0.2, 0.25) is 0 Å². The average Bonchev–Trinajstić information content (AvgIpc) is 2.12. The summed E-state index contributed by atoms with van der Waals surface area (Å²) in [6.07, 6.45) is 5.48. The van der Waals surface area contributed by atoms with Gasteiger partial charge in [0.1, 0.15) is 0 Å². The van der Waals surface area contributed by atoms with E-state index in [-0.39, 0.29) is 0 Å². The lowest BCUT2D eigenvalue weighted by Crippen LogP contribution is -2.30. The molecular formula is C6H12N2. The van der Waals surface area contributed by atoms with Gasteiger partial charge in [-0.25, -0.2) is 5.01 Å². The molecule has 2 nitrogen and oxygen atoms in total. The molecule has 2 heteroatoms. The van der Waals surface area contributed by atoms with Crippen LogP contribution >= 0.6 is 0 Å². The highest BCUT2D eigenvalue weighted by atomic mass is 15.6. The summed E-state index contributed by atoms with van der Waals surface area (Å²) in [6.45, 7) is 1.15. The van der Waals surface area contributed by atoms with Gasteiger partial charge in [0.25, 0.3) is 0 Å². The van der Waals surface area contributed by atoms with Crippen LogP contribution < -0.4 is 0 Å². The molecule has 0 fully saturated rings. The molecule has 0 amide bonds. The van der Waals surface area contributed by atoms with Crippen molar-refractivity contribution in [3.8, 4) is 0 Å². The molecule has 46 valence electrons. The molecule has 0 saturated heterocycles. The molecule has 0 aromatic carbocycles. The second-order valence-corrected chi connectivity index (χ2v) is 2.18. The molecule has 0 N–H and O–H groups in total. The Morgan fingerprint density at radius 1 is 1.50 bits per heavy atom. The highest BCUT2D eigenvalue weighted by molar-refractivity contribution is 4.88. The van der Waals surface area contributed by atoms with E-state index in [1.807, 2.05) is 0 Å². The molecule has 0 atom stereocenters. The predicted molar refractivity (Wildman–Crippen MR) is 34.1 cm³/mol. The van der Waals surface area contributed by atoms with Gasteiger partial charge in [-0.15, -0.1) is 0 Å². The van der Waals surface area contributed by atoms with Crippen molar-refractivity contribution < 1.29 is 0 Å². The van der Waals surface area contributed by atoms with Gasteiger partial charge in [0.2, 0.25) is 0 Å². The standard InChI is InChI=1S/C6H12N2/c1-7(2)8-5-3-4-6-8/h3,5H,4,6H2,1-2H3. The van der Waals surface area contributed by atoms with Gasteiger partial charge in [-0.05, 0) is 6.42 Å². The van der Waals surface area contributed by atoms with E-state index in [1.54, 1.807) is 0 Å². The first-order valence-corrected chi connectivity index (χ1v) is 2.91. The van der Waals surface area contributed by atoms with Gasteiger partial charge in [-0.1, -0.05) is 6.08 Å². The van der Waals surface area contributed by atoms with Crippen molar-refractivity contribution in [1.29, 1.82) is 0 Å². The summed E-state index contributed by atoms with van der Waals surface area (Å²) in [6, 6.07) is 0. The molecule has 0 spiro atoms. The summed E-state index contributed by atoms with van der Waals surface area (Å²) >= 11 is 0. The Morgan fingerprint density at radius 2 is 2.25 bits per heavy atom. The van der Waals surface area contributed by atoms with Gasteiger partial charge < -0.3 is 5.01 Å². The first-order valence-electron chi connectivity index (χ1n) is 2.91. The van der Waals surface area contributed by atoms with Crippen LogP contribution in [0.3, 0.4) is 0 Å². The maximum absolute atomic E-state index is 2.18. The van der Waals surface area contributed by atoms with Crippen molar-refractivity contribution in [2.75, 3.05) is 20.6 Å². The maximum Gasteiger partial charge on any atom is 0.0375 e. The van der Waals surface area contributed by atoms with E-state index < -0.39 is 0 Å². The van der Waals surface area contributed by atoms with Gasteiger partial charge in [-0.2, -0.15) is 0 Å². The van der Waals surface area contributed by atoms with Crippen LogP contribution in [0.4, 0.5) is 0 Å². The molecule has 0 aliphatic carbocycles. The molecule has 0 radical (unpaired) electrons. The van der Waals surface area contributed by atoms with Crippen molar-refractivity contribution in [3.05, 3.63) is 12.3 Å². The summed E-state index contributed by atoms with van der Waals surface area (Å²) < 4.78 is 0. The number of hydrazine groups is 1. The smallest absolute Gasteiger partial charge is 0.0375 e. The first kappa shape index (κ1) is 5.63. The third kappa shape index (κ3) is 1.01. The van der Waals surface area contributed by atoms with Gasteiger partial charge >= 0.3 is 0 Å². The van der Waals surface area contributed by atoms with Gasteiger partial charge in [0.15, 0.2) is 0 Å².